The maximum Gasteiger partial charge on any atom is 0.236 e. The van der Waals surface area contributed by atoms with Gasteiger partial charge in [-0.25, -0.2) is 9.97 Å². The third-order valence-electron chi connectivity index (χ3n) is 6.33. The van der Waals surface area contributed by atoms with Gasteiger partial charge in [0.25, 0.3) is 0 Å². The zero-order valence-corrected chi connectivity index (χ0v) is 18.3. The normalized spacial score (nSPS) is 18.4. The molecule has 158 valence electrons. The highest BCUT2D eigenvalue weighted by molar-refractivity contribution is 6.05. The van der Waals surface area contributed by atoms with Crippen molar-refractivity contribution in [1.82, 2.24) is 15.0 Å². The minimum absolute atomic E-state index is 0.0865. The van der Waals surface area contributed by atoms with E-state index in [0.717, 1.165) is 28.1 Å². The molecule has 0 spiro atoms. The lowest BCUT2D eigenvalue weighted by molar-refractivity contribution is -0.120. The molecule has 6 heteroatoms. The minimum Gasteiger partial charge on any atom is -0.310 e. The van der Waals surface area contributed by atoms with Crippen LogP contribution in [0.4, 0.5) is 5.82 Å². The number of nitrogens with one attached hydrogen (secondary N) is 1. The molecule has 31 heavy (non-hydrogen) atoms. The fourth-order valence-corrected chi connectivity index (χ4v) is 4.33. The quantitative estimate of drug-likeness (QED) is 0.607. The summed E-state index contributed by atoms with van der Waals surface area (Å²) in [7, 11) is 0. The summed E-state index contributed by atoms with van der Waals surface area (Å²) in [4.78, 5) is 38.3. The average molecular weight is 415 g/mol. The zero-order chi connectivity index (χ0) is 22.2. The molecule has 1 N–H and O–H groups in total. The molecule has 1 aromatic carbocycles. The van der Waals surface area contributed by atoms with Gasteiger partial charge in [-0.3, -0.25) is 14.6 Å². The van der Waals surface area contributed by atoms with Gasteiger partial charge in [0.15, 0.2) is 5.78 Å². The van der Waals surface area contributed by atoms with E-state index < -0.39 is 5.41 Å². The number of Topliss-reactive ketones (excluding diaryl/α,β-unsaturated/α-hetero) is 1. The maximum atomic E-state index is 12.8. The Morgan fingerprint density at radius 3 is 2.61 bits per heavy atom. The Balaban J connectivity index is 1.49. The van der Waals surface area contributed by atoms with E-state index in [4.69, 9.17) is 0 Å². The van der Waals surface area contributed by atoms with Crippen molar-refractivity contribution in [3.63, 3.8) is 0 Å². The summed E-state index contributed by atoms with van der Waals surface area (Å²) in [6.45, 7) is 7.94. The summed E-state index contributed by atoms with van der Waals surface area (Å²) in [5.74, 6) is 0.463. The van der Waals surface area contributed by atoms with Crippen molar-refractivity contribution in [2.24, 2.45) is 0 Å². The molecule has 0 fully saturated rings. The van der Waals surface area contributed by atoms with E-state index in [9.17, 15) is 9.59 Å². The zero-order valence-electron chi connectivity index (χ0n) is 18.3. The number of pyridine rings is 1. The summed E-state index contributed by atoms with van der Waals surface area (Å²) < 4.78 is 0. The number of hydrogen-bond acceptors (Lipinski definition) is 5. The van der Waals surface area contributed by atoms with Gasteiger partial charge in [0.2, 0.25) is 5.91 Å². The van der Waals surface area contributed by atoms with Crippen LogP contribution in [0.25, 0.3) is 0 Å². The SMILES string of the molecule is Cc1cc(C)nc(CCC(=O)c2ccc([C@@H](C)[C@@]3(C)C(=O)Nc4ncncc43)cc2)c1. The monoisotopic (exact) mass is 414 g/mol. The molecule has 3 heterocycles. The predicted octanol–water partition coefficient (Wildman–Crippen LogP) is 4.32. The maximum absolute atomic E-state index is 12.8. The summed E-state index contributed by atoms with van der Waals surface area (Å²) in [6.07, 6.45) is 4.17. The number of fused-ring (bicyclic) bond motifs is 1. The lowest BCUT2D eigenvalue weighted by atomic mass is 9.71. The molecule has 1 aliphatic rings. The highest BCUT2D eigenvalue weighted by Gasteiger charge is 2.48. The second-order valence-corrected chi connectivity index (χ2v) is 8.49. The summed E-state index contributed by atoms with van der Waals surface area (Å²) in [5, 5.41) is 2.86. The van der Waals surface area contributed by atoms with Gasteiger partial charge in [-0.2, -0.15) is 0 Å². The number of carbonyl (C=O) groups is 2. The van der Waals surface area contributed by atoms with Gasteiger partial charge in [0.1, 0.15) is 12.1 Å². The van der Waals surface area contributed by atoms with Crippen LogP contribution in [0.2, 0.25) is 0 Å². The van der Waals surface area contributed by atoms with E-state index in [1.165, 1.54) is 6.33 Å². The predicted molar refractivity (Wildman–Crippen MR) is 119 cm³/mol. The molecule has 4 rings (SSSR count). The van der Waals surface area contributed by atoms with Crippen LogP contribution in [-0.4, -0.2) is 26.6 Å². The molecule has 6 nitrogen and oxygen atoms in total. The first-order valence-electron chi connectivity index (χ1n) is 10.5. The molecule has 1 aliphatic heterocycles. The number of hydrogen-bond donors (Lipinski definition) is 1. The van der Waals surface area contributed by atoms with Gasteiger partial charge < -0.3 is 5.32 Å². The van der Waals surface area contributed by atoms with E-state index in [1.54, 1.807) is 6.20 Å². The molecule has 2 atom stereocenters. The Hall–Kier alpha value is -3.41. The topological polar surface area (TPSA) is 84.8 Å². The first-order chi connectivity index (χ1) is 14.8. The number of aryl methyl sites for hydroxylation is 3. The first kappa shape index (κ1) is 20.8. The van der Waals surface area contributed by atoms with Crippen molar-refractivity contribution in [1.29, 1.82) is 0 Å². The van der Waals surface area contributed by atoms with Crippen molar-refractivity contribution >= 4 is 17.5 Å². The highest BCUT2D eigenvalue weighted by Crippen LogP contribution is 2.45. The number of ketones is 1. The van der Waals surface area contributed by atoms with Crippen molar-refractivity contribution in [3.05, 3.63) is 82.6 Å². The van der Waals surface area contributed by atoms with Crippen molar-refractivity contribution in [3.8, 4) is 0 Å². The van der Waals surface area contributed by atoms with Gasteiger partial charge in [-0.15, -0.1) is 0 Å². The number of rotatable bonds is 6. The van der Waals surface area contributed by atoms with Gasteiger partial charge in [0, 0.05) is 35.1 Å². The molecular formula is C25H26N4O2. The van der Waals surface area contributed by atoms with E-state index in [1.807, 2.05) is 64.1 Å². The molecule has 0 radical (unpaired) electrons. The second-order valence-electron chi connectivity index (χ2n) is 8.49. The summed E-state index contributed by atoms with van der Waals surface area (Å²) >= 11 is 0. The third-order valence-corrected chi connectivity index (χ3v) is 6.33. The summed E-state index contributed by atoms with van der Waals surface area (Å²) in [6, 6.07) is 11.6. The smallest absolute Gasteiger partial charge is 0.236 e. The number of carbonyl (C=O) groups excluding carboxylic acids is 2. The highest BCUT2D eigenvalue weighted by atomic mass is 16.2. The van der Waals surface area contributed by atoms with Gasteiger partial charge in [0.05, 0.1) is 5.41 Å². The Kier molecular flexibility index (Phi) is 5.39. The molecule has 2 aromatic heterocycles. The molecule has 0 saturated carbocycles. The molecule has 0 bridgehead atoms. The fraction of sp³-hybridized carbons (Fsp3) is 0.320. The number of nitrogens with zero attached hydrogens (tertiary/aromatic N) is 3. The number of anilines is 1. The number of benzene rings is 1. The lowest BCUT2D eigenvalue weighted by Gasteiger charge is -2.29. The van der Waals surface area contributed by atoms with E-state index in [-0.39, 0.29) is 17.6 Å². The number of aromatic nitrogens is 3. The van der Waals surface area contributed by atoms with Crippen LogP contribution in [0.3, 0.4) is 0 Å². The van der Waals surface area contributed by atoms with Crippen LogP contribution in [0.5, 0.6) is 0 Å². The van der Waals surface area contributed by atoms with Crippen LogP contribution >= 0.6 is 0 Å². The molecule has 1 amide bonds. The van der Waals surface area contributed by atoms with E-state index in [0.29, 0.717) is 24.2 Å². The standard InChI is InChI=1S/C25H26N4O2/c1-15-11-16(2)28-20(12-15)9-10-22(30)19-7-5-18(6-8-19)17(3)25(4)21-13-26-14-27-23(21)29-24(25)31/h5-8,11-14,17H,9-10H2,1-4H3,(H,26,27,29,31)/t17-,25-/m1/s1. The first-order valence-corrected chi connectivity index (χ1v) is 10.5. The Labute approximate surface area is 182 Å². The van der Waals surface area contributed by atoms with Gasteiger partial charge in [-0.1, -0.05) is 31.2 Å². The lowest BCUT2D eigenvalue weighted by Crippen LogP contribution is -2.36. The van der Waals surface area contributed by atoms with Crippen LogP contribution in [0.15, 0.2) is 48.9 Å². The molecule has 0 unspecified atom stereocenters. The van der Waals surface area contributed by atoms with Crippen LogP contribution in [0.1, 0.15) is 64.6 Å². The van der Waals surface area contributed by atoms with E-state index >= 15 is 0 Å². The molecule has 0 saturated heterocycles. The number of amides is 1. The largest absolute Gasteiger partial charge is 0.310 e. The molecule has 0 aliphatic carbocycles. The van der Waals surface area contributed by atoms with Crippen molar-refractivity contribution < 1.29 is 9.59 Å². The van der Waals surface area contributed by atoms with Crippen LogP contribution in [-0.2, 0) is 16.6 Å². The van der Waals surface area contributed by atoms with Gasteiger partial charge in [-0.05, 0) is 56.4 Å². The van der Waals surface area contributed by atoms with Crippen LogP contribution in [0, 0.1) is 13.8 Å². The Bertz CT molecular complexity index is 1140. The van der Waals surface area contributed by atoms with Crippen molar-refractivity contribution in [2.75, 3.05) is 5.32 Å². The van der Waals surface area contributed by atoms with Crippen molar-refractivity contribution in [2.45, 2.75) is 51.9 Å². The average Bonchev–Trinajstić information content (AvgIpc) is 3.02. The fourth-order valence-electron chi connectivity index (χ4n) is 4.33. The third kappa shape index (κ3) is 3.85. The molecular weight excluding hydrogens is 388 g/mol. The van der Waals surface area contributed by atoms with Gasteiger partial charge >= 0.3 is 0 Å². The minimum atomic E-state index is -0.767. The molecule has 3 aromatic rings. The second kappa shape index (κ2) is 8.02. The Morgan fingerprint density at radius 1 is 1.16 bits per heavy atom. The van der Waals surface area contributed by atoms with Crippen LogP contribution < -0.4 is 5.32 Å². The van der Waals surface area contributed by atoms with E-state index in [2.05, 4.69) is 20.3 Å². The Morgan fingerprint density at radius 2 is 1.90 bits per heavy atom. The summed E-state index contributed by atoms with van der Waals surface area (Å²) in [5.41, 5.74) is 4.76.